The molecule has 0 aromatic heterocycles. The largest absolute Gasteiger partial charge is 0.457 e. The molecule has 0 bridgehead atoms. The maximum Gasteiger partial charge on any atom is 0.362 e. The number of carbonyl (C=O) groups excluding carboxylic acids is 2. The third-order valence-corrected chi connectivity index (χ3v) is 5.22. The number of esters is 1. The summed E-state index contributed by atoms with van der Waals surface area (Å²) in [7, 11) is 3.82. The van der Waals surface area contributed by atoms with E-state index in [-0.39, 0.29) is 35.6 Å². The topological polar surface area (TPSA) is 55.4 Å². The summed E-state index contributed by atoms with van der Waals surface area (Å²) in [6.07, 6.45) is 1.54. The van der Waals surface area contributed by atoms with Crippen molar-refractivity contribution < 1.29 is 18.8 Å². The molecule has 2 rings (SSSR count). The molecule has 0 spiro atoms. The molecule has 0 heterocycles. The van der Waals surface area contributed by atoms with Crippen molar-refractivity contribution in [3.05, 3.63) is 65.2 Å². The average Bonchev–Trinajstić information content (AvgIpc) is 2.67. The number of carbonyl (C=O) groups is 2. The van der Waals surface area contributed by atoms with Crippen molar-refractivity contribution in [3.8, 4) is 0 Å². The molecule has 2 aromatic rings. The van der Waals surface area contributed by atoms with Crippen molar-refractivity contribution >= 4 is 17.6 Å². The summed E-state index contributed by atoms with van der Waals surface area (Å²) < 4.78 is 5.69. The fourth-order valence-electron chi connectivity index (χ4n) is 3.52. The second kappa shape index (κ2) is 10.2. The number of hydrogen-bond acceptors (Lipinski definition) is 3. The Morgan fingerprint density at radius 2 is 1.62 bits per heavy atom. The molecule has 29 heavy (non-hydrogen) atoms. The minimum absolute atomic E-state index is 0.0647. The fourth-order valence-corrected chi connectivity index (χ4v) is 3.52. The summed E-state index contributed by atoms with van der Waals surface area (Å²) in [5.41, 5.74) is 3.86. The number of nitrogens with one attached hydrogen (secondary N) is 1. The van der Waals surface area contributed by atoms with E-state index >= 15 is 0 Å². The van der Waals surface area contributed by atoms with E-state index in [0.717, 1.165) is 28.8 Å². The van der Waals surface area contributed by atoms with E-state index in [9.17, 15) is 9.59 Å². The van der Waals surface area contributed by atoms with Crippen LogP contribution in [-0.2, 0) is 20.9 Å². The molecule has 0 saturated heterocycles. The Hall–Kier alpha value is -2.66. The monoisotopic (exact) mass is 397 g/mol. The van der Waals surface area contributed by atoms with Gasteiger partial charge in [-0.3, -0.25) is 4.79 Å². The molecule has 0 radical (unpaired) electrons. The molecule has 1 unspecified atom stereocenters. The molecule has 0 fully saturated rings. The maximum absolute atomic E-state index is 13.1. The van der Waals surface area contributed by atoms with Crippen molar-refractivity contribution in [1.29, 1.82) is 0 Å². The van der Waals surface area contributed by atoms with Crippen LogP contribution < -0.4 is 5.32 Å². The first-order chi connectivity index (χ1) is 13.7. The number of nitrogens with zero attached hydrogens (tertiary/aromatic N) is 1. The summed E-state index contributed by atoms with van der Waals surface area (Å²) in [6.45, 7) is 6.40. The van der Waals surface area contributed by atoms with Crippen LogP contribution in [0.1, 0.15) is 36.5 Å². The number of anilines is 1. The summed E-state index contributed by atoms with van der Waals surface area (Å²) in [4.78, 5) is 25.6. The SMILES string of the molecule is CCCC(C(=O)Nc1c(C)cccc1C)[N+](C)(C)CC(=O)OCc1ccccc1. The molecule has 0 aliphatic heterocycles. The molecular formula is C24H33N2O3+. The van der Waals surface area contributed by atoms with Gasteiger partial charge in [0.1, 0.15) is 6.61 Å². The molecule has 2 aromatic carbocycles. The molecule has 0 aliphatic rings. The van der Waals surface area contributed by atoms with Gasteiger partial charge in [-0.2, -0.15) is 0 Å². The number of likely N-dealkylation sites (N-methyl/N-ethyl adjacent to an activating group) is 1. The van der Waals surface area contributed by atoms with Crippen molar-refractivity contribution in [3.63, 3.8) is 0 Å². The van der Waals surface area contributed by atoms with Gasteiger partial charge >= 0.3 is 5.97 Å². The Labute approximate surface area is 174 Å². The molecule has 0 aliphatic carbocycles. The van der Waals surface area contributed by atoms with Gasteiger partial charge in [0.2, 0.25) is 0 Å². The summed E-state index contributed by atoms with van der Waals surface area (Å²) in [5, 5.41) is 3.09. The number of benzene rings is 2. The predicted octanol–water partition coefficient (Wildman–Crippen LogP) is 4.23. The highest BCUT2D eigenvalue weighted by Gasteiger charge is 2.36. The van der Waals surface area contributed by atoms with E-state index in [1.54, 1.807) is 0 Å². The van der Waals surface area contributed by atoms with E-state index < -0.39 is 0 Å². The predicted molar refractivity (Wildman–Crippen MR) is 116 cm³/mol. The first kappa shape index (κ1) is 22.6. The molecular weight excluding hydrogens is 364 g/mol. The van der Waals surface area contributed by atoms with Crippen molar-refractivity contribution in [2.75, 3.05) is 26.0 Å². The van der Waals surface area contributed by atoms with E-state index in [2.05, 4.69) is 5.32 Å². The quantitative estimate of drug-likeness (QED) is 0.509. The molecule has 5 heteroatoms. The number of rotatable bonds is 9. The third-order valence-electron chi connectivity index (χ3n) is 5.22. The summed E-state index contributed by atoms with van der Waals surface area (Å²) >= 11 is 0. The zero-order chi connectivity index (χ0) is 21.4. The van der Waals surface area contributed by atoms with Gasteiger partial charge in [-0.25, -0.2) is 4.79 Å². The van der Waals surface area contributed by atoms with Gasteiger partial charge in [-0.1, -0.05) is 55.5 Å². The Morgan fingerprint density at radius 3 is 2.21 bits per heavy atom. The normalized spacial score (nSPS) is 12.3. The second-order valence-corrected chi connectivity index (χ2v) is 8.14. The Bertz CT molecular complexity index is 811. The smallest absolute Gasteiger partial charge is 0.362 e. The van der Waals surface area contributed by atoms with Gasteiger partial charge < -0.3 is 14.5 Å². The van der Waals surface area contributed by atoms with Crippen LogP contribution in [0.25, 0.3) is 0 Å². The van der Waals surface area contributed by atoms with Crippen molar-refractivity contribution in [2.45, 2.75) is 46.3 Å². The van der Waals surface area contributed by atoms with Gasteiger partial charge in [-0.05, 0) is 37.0 Å². The molecule has 156 valence electrons. The van der Waals surface area contributed by atoms with Crippen LogP contribution in [0.2, 0.25) is 0 Å². The number of para-hydroxylation sites is 1. The lowest BCUT2D eigenvalue weighted by Crippen LogP contribution is -2.57. The van der Waals surface area contributed by atoms with Crippen LogP contribution >= 0.6 is 0 Å². The first-order valence-electron chi connectivity index (χ1n) is 10.1. The number of ether oxygens (including phenoxy) is 1. The van der Waals surface area contributed by atoms with E-state index in [1.165, 1.54) is 0 Å². The van der Waals surface area contributed by atoms with E-state index in [1.807, 2.05) is 83.4 Å². The Balaban J connectivity index is 2.06. The highest BCUT2D eigenvalue weighted by molar-refractivity contribution is 5.95. The summed E-state index contributed by atoms with van der Waals surface area (Å²) in [5.74, 6) is -0.370. The third kappa shape index (κ3) is 6.43. The molecule has 1 N–H and O–H groups in total. The molecule has 1 amide bonds. The number of quaternary nitrogens is 1. The van der Waals surface area contributed by atoms with Crippen LogP contribution in [0.3, 0.4) is 0 Å². The van der Waals surface area contributed by atoms with Gasteiger partial charge in [0.25, 0.3) is 5.91 Å². The Kier molecular flexibility index (Phi) is 7.97. The fraction of sp³-hybridized carbons (Fsp3) is 0.417. The highest BCUT2D eigenvalue weighted by atomic mass is 16.5. The van der Waals surface area contributed by atoms with Crippen LogP contribution in [0.4, 0.5) is 5.69 Å². The molecule has 1 atom stereocenters. The number of hydrogen-bond donors (Lipinski definition) is 1. The van der Waals surface area contributed by atoms with Crippen LogP contribution in [0.15, 0.2) is 48.5 Å². The lowest BCUT2D eigenvalue weighted by molar-refractivity contribution is -0.899. The minimum atomic E-state index is -0.344. The average molecular weight is 398 g/mol. The first-order valence-corrected chi connectivity index (χ1v) is 10.1. The van der Waals surface area contributed by atoms with Crippen molar-refractivity contribution in [2.24, 2.45) is 0 Å². The maximum atomic E-state index is 13.1. The minimum Gasteiger partial charge on any atom is -0.457 e. The van der Waals surface area contributed by atoms with E-state index in [4.69, 9.17) is 4.74 Å². The molecule has 0 saturated carbocycles. The lowest BCUT2D eigenvalue weighted by Gasteiger charge is -2.36. The lowest BCUT2D eigenvalue weighted by atomic mass is 10.1. The standard InChI is InChI=1S/C24H32N2O3/c1-6-11-21(24(28)25-23-18(2)12-10-13-19(23)3)26(4,5)16-22(27)29-17-20-14-8-7-9-15-20/h7-10,12-15,21H,6,11,16-17H2,1-5H3/p+1. The Morgan fingerprint density at radius 1 is 1.00 bits per heavy atom. The van der Waals surface area contributed by atoms with Gasteiger partial charge in [-0.15, -0.1) is 0 Å². The molecule has 5 nitrogen and oxygen atoms in total. The van der Waals surface area contributed by atoms with Crippen LogP contribution in [0, 0.1) is 13.8 Å². The number of aryl methyl sites for hydroxylation is 2. The zero-order valence-corrected chi connectivity index (χ0v) is 18.2. The highest BCUT2D eigenvalue weighted by Crippen LogP contribution is 2.22. The van der Waals surface area contributed by atoms with E-state index in [0.29, 0.717) is 6.42 Å². The van der Waals surface area contributed by atoms with Gasteiger partial charge in [0.05, 0.1) is 14.1 Å². The van der Waals surface area contributed by atoms with Gasteiger partial charge in [0.15, 0.2) is 12.6 Å². The van der Waals surface area contributed by atoms with Crippen LogP contribution in [-0.4, -0.2) is 43.0 Å². The van der Waals surface area contributed by atoms with Crippen LogP contribution in [0.5, 0.6) is 0 Å². The van der Waals surface area contributed by atoms with Crippen molar-refractivity contribution in [1.82, 2.24) is 0 Å². The zero-order valence-electron chi connectivity index (χ0n) is 18.2. The van der Waals surface area contributed by atoms with Gasteiger partial charge in [0, 0.05) is 12.1 Å². The number of amides is 1. The summed E-state index contributed by atoms with van der Waals surface area (Å²) in [6, 6.07) is 15.2. The second-order valence-electron chi connectivity index (χ2n) is 8.14.